The predicted molar refractivity (Wildman–Crippen MR) is 218 cm³/mol. The highest BCUT2D eigenvalue weighted by molar-refractivity contribution is 6.18. The number of hydrogen-bond donors (Lipinski definition) is 0. The molecule has 3 aromatic heterocycles. The zero-order valence-electron chi connectivity index (χ0n) is 28.5. The van der Waals surface area contributed by atoms with E-state index in [1.165, 1.54) is 54.8 Å². The minimum atomic E-state index is 0.882. The van der Waals surface area contributed by atoms with Crippen LogP contribution in [0.15, 0.2) is 180 Å². The number of para-hydroxylation sites is 3. The second-order valence-corrected chi connectivity index (χ2v) is 13.7. The molecule has 0 bridgehead atoms. The number of aryl methyl sites for hydroxylation is 1. The normalized spacial score (nSPS) is 11.9. The minimum absolute atomic E-state index is 0.882. The smallest absolute Gasteiger partial charge is 0.137 e. The van der Waals surface area contributed by atoms with Crippen molar-refractivity contribution in [1.29, 1.82) is 0 Å². The Morgan fingerprint density at radius 1 is 0.385 bits per heavy atom. The van der Waals surface area contributed by atoms with Crippen molar-refractivity contribution >= 4 is 65.6 Å². The van der Waals surface area contributed by atoms with Crippen molar-refractivity contribution in [2.45, 2.75) is 6.92 Å². The van der Waals surface area contributed by atoms with E-state index in [4.69, 9.17) is 4.42 Å². The predicted octanol–water partition coefficient (Wildman–Crippen LogP) is 13.4. The molecule has 244 valence electrons. The number of hydrogen-bond acceptors (Lipinski definition) is 1. The lowest BCUT2D eigenvalue weighted by atomic mass is 9.91. The third kappa shape index (κ3) is 4.08. The third-order valence-corrected chi connectivity index (χ3v) is 10.9. The maximum absolute atomic E-state index is 6.64. The van der Waals surface area contributed by atoms with Crippen LogP contribution in [-0.4, -0.2) is 9.13 Å². The molecule has 0 amide bonds. The van der Waals surface area contributed by atoms with Gasteiger partial charge in [-0.25, -0.2) is 0 Å². The molecule has 0 unspecified atom stereocenters. The molecule has 0 aliphatic heterocycles. The zero-order valence-corrected chi connectivity index (χ0v) is 28.5. The van der Waals surface area contributed by atoms with Crippen molar-refractivity contribution in [3.05, 3.63) is 181 Å². The summed E-state index contributed by atoms with van der Waals surface area (Å²) < 4.78 is 11.5. The van der Waals surface area contributed by atoms with Gasteiger partial charge in [-0.05, 0) is 83.8 Å². The average molecular weight is 665 g/mol. The van der Waals surface area contributed by atoms with E-state index in [1.807, 2.05) is 0 Å². The molecular formula is C49H32N2O. The van der Waals surface area contributed by atoms with Crippen LogP contribution in [0.1, 0.15) is 5.56 Å². The molecule has 3 heteroatoms. The van der Waals surface area contributed by atoms with Crippen LogP contribution in [0.4, 0.5) is 0 Å². The van der Waals surface area contributed by atoms with E-state index in [0.29, 0.717) is 0 Å². The van der Waals surface area contributed by atoms with Crippen LogP contribution < -0.4 is 0 Å². The SMILES string of the molecule is Cc1cccc2oc3ccc(-c4ccccc4-c4ccccc4)c(-n4c5ccccc5c5cc(-n6c7ccccc7c7ccccc76)ccc54)c3c12. The highest BCUT2D eigenvalue weighted by Crippen LogP contribution is 2.46. The Labute approximate surface area is 300 Å². The first kappa shape index (κ1) is 28.9. The fourth-order valence-electron chi connectivity index (χ4n) is 8.64. The Morgan fingerprint density at radius 2 is 0.962 bits per heavy atom. The first-order valence-corrected chi connectivity index (χ1v) is 17.9. The number of fused-ring (bicyclic) bond motifs is 9. The lowest BCUT2D eigenvalue weighted by molar-refractivity contribution is 0.668. The molecule has 3 heterocycles. The number of rotatable bonds is 4. The summed E-state index contributed by atoms with van der Waals surface area (Å²) in [6.45, 7) is 2.19. The molecule has 8 aromatic carbocycles. The van der Waals surface area contributed by atoms with E-state index in [2.05, 4.69) is 192 Å². The first-order chi connectivity index (χ1) is 25.7. The van der Waals surface area contributed by atoms with Crippen LogP contribution in [0, 0.1) is 6.92 Å². The molecule has 0 radical (unpaired) electrons. The summed E-state index contributed by atoms with van der Waals surface area (Å²) in [4.78, 5) is 0. The van der Waals surface area contributed by atoms with Crippen LogP contribution in [0.5, 0.6) is 0 Å². The summed E-state index contributed by atoms with van der Waals surface area (Å²) in [6.07, 6.45) is 0. The van der Waals surface area contributed by atoms with Crippen molar-refractivity contribution in [2.75, 3.05) is 0 Å². The second kappa shape index (κ2) is 11.1. The van der Waals surface area contributed by atoms with E-state index < -0.39 is 0 Å². The maximum Gasteiger partial charge on any atom is 0.137 e. The number of furan rings is 1. The third-order valence-electron chi connectivity index (χ3n) is 10.9. The van der Waals surface area contributed by atoms with Gasteiger partial charge >= 0.3 is 0 Å². The summed E-state index contributed by atoms with van der Waals surface area (Å²) in [5.74, 6) is 0. The molecular weight excluding hydrogens is 633 g/mol. The van der Waals surface area contributed by atoms with Gasteiger partial charge in [0.2, 0.25) is 0 Å². The first-order valence-electron chi connectivity index (χ1n) is 17.9. The number of nitrogens with zero attached hydrogens (tertiary/aromatic N) is 2. The lowest BCUT2D eigenvalue weighted by Crippen LogP contribution is -2.00. The molecule has 0 aliphatic rings. The molecule has 0 aliphatic carbocycles. The summed E-state index contributed by atoms with van der Waals surface area (Å²) >= 11 is 0. The average Bonchev–Trinajstić information content (AvgIpc) is 3.86. The fraction of sp³-hybridized carbons (Fsp3) is 0.0204. The summed E-state index contributed by atoms with van der Waals surface area (Å²) in [7, 11) is 0. The zero-order chi connectivity index (χ0) is 34.3. The van der Waals surface area contributed by atoms with Gasteiger partial charge in [-0.1, -0.05) is 121 Å². The minimum Gasteiger partial charge on any atom is -0.456 e. The molecule has 3 nitrogen and oxygen atoms in total. The molecule has 11 rings (SSSR count). The Kier molecular flexibility index (Phi) is 6.17. The van der Waals surface area contributed by atoms with Crippen LogP contribution >= 0.6 is 0 Å². The Balaban J connectivity index is 1.28. The van der Waals surface area contributed by atoms with Gasteiger partial charge in [0, 0.05) is 38.2 Å². The summed E-state index contributed by atoms with van der Waals surface area (Å²) in [5.41, 5.74) is 14.7. The molecule has 0 saturated carbocycles. The topological polar surface area (TPSA) is 23.0 Å². The van der Waals surface area contributed by atoms with Gasteiger partial charge < -0.3 is 13.6 Å². The van der Waals surface area contributed by atoms with Crippen LogP contribution in [-0.2, 0) is 0 Å². The van der Waals surface area contributed by atoms with Crippen molar-refractivity contribution in [2.24, 2.45) is 0 Å². The van der Waals surface area contributed by atoms with E-state index in [0.717, 1.165) is 49.9 Å². The molecule has 52 heavy (non-hydrogen) atoms. The van der Waals surface area contributed by atoms with Crippen LogP contribution in [0.2, 0.25) is 0 Å². The Bertz CT molecular complexity index is 3140. The monoisotopic (exact) mass is 664 g/mol. The van der Waals surface area contributed by atoms with Gasteiger partial charge in [-0.2, -0.15) is 0 Å². The van der Waals surface area contributed by atoms with Crippen molar-refractivity contribution in [3.63, 3.8) is 0 Å². The standard InChI is InChI=1S/C49H32N2O/c1-31-14-13-25-45-47(31)48-46(52-45)29-27-39(35-18-6-5-17-34(35)32-15-3-2-4-16-32)49(48)51-43-24-12-9-21-38(43)40-30-33(26-28-44(40)51)50-41-22-10-7-19-36(41)37-20-8-11-23-42(37)50/h2-30H,1H3. The number of aromatic nitrogens is 2. The van der Waals surface area contributed by atoms with Crippen molar-refractivity contribution < 1.29 is 4.42 Å². The molecule has 0 atom stereocenters. The quantitative estimate of drug-likeness (QED) is 0.184. The van der Waals surface area contributed by atoms with Crippen molar-refractivity contribution in [3.8, 4) is 33.6 Å². The largest absolute Gasteiger partial charge is 0.456 e. The number of benzene rings is 8. The van der Waals surface area contributed by atoms with Gasteiger partial charge in [0.25, 0.3) is 0 Å². The second-order valence-electron chi connectivity index (χ2n) is 13.7. The van der Waals surface area contributed by atoms with Crippen LogP contribution in [0.3, 0.4) is 0 Å². The highest BCUT2D eigenvalue weighted by Gasteiger charge is 2.24. The van der Waals surface area contributed by atoms with Gasteiger partial charge in [-0.15, -0.1) is 0 Å². The summed E-state index contributed by atoms with van der Waals surface area (Å²) in [6, 6.07) is 63.5. The van der Waals surface area contributed by atoms with Gasteiger partial charge in [0.1, 0.15) is 11.2 Å². The molecule has 11 aromatic rings. The highest BCUT2D eigenvalue weighted by atomic mass is 16.3. The fourth-order valence-corrected chi connectivity index (χ4v) is 8.64. The molecule has 0 saturated heterocycles. The summed E-state index contributed by atoms with van der Waals surface area (Å²) in [5, 5.41) is 7.22. The molecule has 0 fully saturated rings. The maximum atomic E-state index is 6.64. The lowest BCUT2D eigenvalue weighted by Gasteiger charge is -2.18. The van der Waals surface area contributed by atoms with Gasteiger partial charge in [-0.3, -0.25) is 0 Å². The van der Waals surface area contributed by atoms with E-state index in [1.54, 1.807) is 0 Å². The van der Waals surface area contributed by atoms with E-state index >= 15 is 0 Å². The van der Waals surface area contributed by atoms with E-state index in [9.17, 15) is 0 Å². The van der Waals surface area contributed by atoms with Gasteiger partial charge in [0.15, 0.2) is 0 Å². The Morgan fingerprint density at radius 3 is 1.69 bits per heavy atom. The Hall–Kier alpha value is -6.84. The molecule has 0 N–H and O–H groups in total. The molecule has 0 spiro atoms. The van der Waals surface area contributed by atoms with Crippen molar-refractivity contribution in [1.82, 2.24) is 9.13 Å². The van der Waals surface area contributed by atoms with E-state index in [-0.39, 0.29) is 0 Å². The van der Waals surface area contributed by atoms with Crippen LogP contribution in [0.25, 0.3) is 99.2 Å². The van der Waals surface area contributed by atoms with Gasteiger partial charge in [0.05, 0.1) is 33.1 Å².